The Labute approximate surface area is 147 Å². The molecule has 0 spiro atoms. The number of carbonyl (C=O) groups excluding carboxylic acids is 1. The molecule has 1 aromatic carbocycles. The number of nitrogens with zero attached hydrogens (tertiary/aromatic N) is 1. The highest BCUT2D eigenvalue weighted by Gasteiger charge is 2.24. The van der Waals surface area contributed by atoms with E-state index in [0.29, 0.717) is 0 Å². The topological polar surface area (TPSA) is 101 Å². The van der Waals surface area contributed by atoms with Gasteiger partial charge in [-0.25, -0.2) is 13.1 Å². The van der Waals surface area contributed by atoms with Gasteiger partial charge in [0.1, 0.15) is 10.6 Å². The van der Waals surface area contributed by atoms with Crippen LogP contribution in [-0.4, -0.2) is 26.0 Å². The van der Waals surface area contributed by atoms with E-state index in [2.05, 4.69) is 15.2 Å². The summed E-state index contributed by atoms with van der Waals surface area (Å²) in [6.07, 6.45) is 1.54. The number of hydrogen-bond donors (Lipinski definition) is 2. The minimum absolute atomic E-state index is 0.0245. The Bertz CT molecular complexity index is 830. The zero-order valence-electron chi connectivity index (χ0n) is 14.8. The lowest BCUT2D eigenvalue weighted by atomic mass is 10.0. The van der Waals surface area contributed by atoms with Crippen LogP contribution in [-0.2, 0) is 27.7 Å². The summed E-state index contributed by atoms with van der Waals surface area (Å²) >= 11 is 0. The number of benzene rings is 1. The summed E-state index contributed by atoms with van der Waals surface area (Å²) in [6, 6.07) is 5.85. The number of nitrogens with one attached hydrogen (secondary N) is 2. The molecule has 0 saturated carbocycles. The lowest BCUT2D eigenvalue weighted by Crippen LogP contribution is -2.33. The molecule has 8 heteroatoms. The molecule has 2 rings (SSSR count). The van der Waals surface area contributed by atoms with Gasteiger partial charge in [0.2, 0.25) is 15.9 Å². The lowest BCUT2D eigenvalue weighted by Gasteiger charge is -2.14. The number of rotatable bonds is 7. The number of anilines is 1. The molecule has 7 nitrogen and oxygen atoms in total. The summed E-state index contributed by atoms with van der Waals surface area (Å²) in [7, 11) is -3.86. The van der Waals surface area contributed by atoms with Gasteiger partial charge < -0.3 is 9.84 Å². The van der Waals surface area contributed by atoms with Gasteiger partial charge in [-0.1, -0.05) is 37.2 Å². The van der Waals surface area contributed by atoms with Crippen molar-refractivity contribution in [1.82, 2.24) is 9.88 Å². The molecule has 0 saturated heterocycles. The van der Waals surface area contributed by atoms with Crippen molar-refractivity contribution in [2.45, 2.75) is 45.4 Å². The molecule has 0 radical (unpaired) electrons. The third kappa shape index (κ3) is 4.26. The number of para-hydroxylation sites is 1. The smallest absolute Gasteiger partial charge is 0.246 e. The molecule has 1 aromatic heterocycles. The minimum Gasteiger partial charge on any atom is -0.360 e. The molecule has 2 aromatic rings. The van der Waals surface area contributed by atoms with Crippen LogP contribution in [0.3, 0.4) is 0 Å². The van der Waals surface area contributed by atoms with Gasteiger partial charge in [-0.3, -0.25) is 4.79 Å². The van der Waals surface area contributed by atoms with Gasteiger partial charge in [0.15, 0.2) is 5.76 Å². The van der Waals surface area contributed by atoms with Gasteiger partial charge in [0, 0.05) is 5.69 Å². The van der Waals surface area contributed by atoms with Crippen LogP contribution in [0.1, 0.15) is 36.4 Å². The molecule has 0 aliphatic heterocycles. The van der Waals surface area contributed by atoms with Crippen LogP contribution in [0.25, 0.3) is 0 Å². The number of aromatic nitrogens is 1. The van der Waals surface area contributed by atoms with E-state index in [1.807, 2.05) is 32.0 Å². The van der Waals surface area contributed by atoms with Crippen molar-refractivity contribution in [3.63, 3.8) is 0 Å². The monoisotopic (exact) mass is 365 g/mol. The highest BCUT2D eigenvalue weighted by Crippen LogP contribution is 2.22. The van der Waals surface area contributed by atoms with Gasteiger partial charge in [0.05, 0.1) is 6.54 Å². The van der Waals surface area contributed by atoms with Crippen molar-refractivity contribution < 1.29 is 17.7 Å². The Morgan fingerprint density at radius 1 is 1.16 bits per heavy atom. The molecule has 2 N–H and O–H groups in total. The first-order chi connectivity index (χ1) is 11.8. The van der Waals surface area contributed by atoms with Crippen molar-refractivity contribution >= 4 is 21.6 Å². The van der Waals surface area contributed by atoms with Gasteiger partial charge in [-0.05, 0) is 37.8 Å². The normalized spacial score (nSPS) is 11.5. The van der Waals surface area contributed by atoms with Gasteiger partial charge in [0.25, 0.3) is 0 Å². The van der Waals surface area contributed by atoms with E-state index < -0.39 is 15.9 Å². The molecule has 1 heterocycles. The van der Waals surface area contributed by atoms with Crippen molar-refractivity contribution in [3.05, 3.63) is 40.8 Å². The fourth-order valence-electron chi connectivity index (χ4n) is 2.68. The maximum atomic E-state index is 12.3. The van der Waals surface area contributed by atoms with Crippen molar-refractivity contribution in [2.24, 2.45) is 0 Å². The first-order valence-electron chi connectivity index (χ1n) is 8.13. The second-order valence-electron chi connectivity index (χ2n) is 5.68. The predicted molar refractivity (Wildman–Crippen MR) is 95.0 cm³/mol. The van der Waals surface area contributed by atoms with Gasteiger partial charge in [-0.2, -0.15) is 0 Å². The third-order valence-corrected chi connectivity index (χ3v) is 5.57. The van der Waals surface area contributed by atoms with Crippen LogP contribution >= 0.6 is 0 Å². The largest absolute Gasteiger partial charge is 0.360 e. The quantitative estimate of drug-likeness (QED) is 0.784. The molecule has 0 bridgehead atoms. The summed E-state index contributed by atoms with van der Waals surface area (Å²) in [5.41, 5.74) is 3.05. The van der Waals surface area contributed by atoms with Crippen LogP contribution in [0.2, 0.25) is 0 Å². The second kappa shape index (κ2) is 7.79. The third-order valence-electron chi connectivity index (χ3n) is 3.92. The fraction of sp³-hybridized carbons (Fsp3) is 0.412. The van der Waals surface area contributed by atoms with E-state index in [0.717, 1.165) is 29.7 Å². The van der Waals surface area contributed by atoms with Crippen LogP contribution < -0.4 is 10.0 Å². The molecule has 0 atom stereocenters. The Balaban J connectivity index is 2.12. The van der Waals surface area contributed by atoms with Crippen molar-refractivity contribution in [2.75, 3.05) is 11.9 Å². The highest BCUT2D eigenvalue weighted by atomic mass is 32.2. The Kier molecular flexibility index (Phi) is 5.97. The average molecular weight is 365 g/mol. The van der Waals surface area contributed by atoms with Crippen LogP contribution in [0.5, 0.6) is 0 Å². The number of sulfonamides is 1. The maximum absolute atomic E-state index is 12.3. The average Bonchev–Trinajstić information content (AvgIpc) is 2.92. The second-order valence-corrected chi connectivity index (χ2v) is 7.39. The van der Waals surface area contributed by atoms with Crippen LogP contribution in [0.15, 0.2) is 27.6 Å². The molecule has 0 aliphatic carbocycles. The summed E-state index contributed by atoms with van der Waals surface area (Å²) in [6.45, 7) is 6.69. The first kappa shape index (κ1) is 19.1. The van der Waals surface area contributed by atoms with Crippen molar-refractivity contribution in [3.8, 4) is 0 Å². The molecule has 136 valence electrons. The molecule has 1 amide bonds. The molecule has 0 unspecified atom stereocenters. The van der Waals surface area contributed by atoms with Crippen molar-refractivity contribution in [1.29, 1.82) is 0 Å². The summed E-state index contributed by atoms with van der Waals surface area (Å²) in [5.74, 6) is -0.235. The Hall–Kier alpha value is -2.19. The summed E-state index contributed by atoms with van der Waals surface area (Å²) in [4.78, 5) is 12.2. The first-order valence-corrected chi connectivity index (χ1v) is 9.61. The van der Waals surface area contributed by atoms with E-state index in [4.69, 9.17) is 4.52 Å². The Morgan fingerprint density at radius 3 is 2.24 bits per heavy atom. The molecule has 0 aliphatic rings. The molecule has 0 fully saturated rings. The van der Waals surface area contributed by atoms with E-state index >= 15 is 0 Å². The Morgan fingerprint density at radius 2 is 1.76 bits per heavy atom. The maximum Gasteiger partial charge on any atom is 0.246 e. The predicted octanol–water partition coefficient (Wildman–Crippen LogP) is 2.33. The van der Waals surface area contributed by atoms with E-state index in [1.54, 1.807) is 0 Å². The van der Waals surface area contributed by atoms with Crippen LogP contribution in [0, 0.1) is 13.8 Å². The lowest BCUT2D eigenvalue weighted by molar-refractivity contribution is -0.115. The molecular weight excluding hydrogens is 342 g/mol. The number of amides is 1. The number of carbonyl (C=O) groups is 1. The van der Waals surface area contributed by atoms with E-state index in [-0.39, 0.29) is 22.9 Å². The number of aryl methyl sites for hydroxylation is 4. The van der Waals surface area contributed by atoms with Crippen LogP contribution in [0.4, 0.5) is 5.69 Å². The molecular formula is C17H23N3O4S. The van der Waals surface area contributed by atoms with E-state index in [9.17, 15) is 13.2 Å². The summed E-state index contributed by atoms with van der Waals surface area (Å²) in [5, 5.41) is 6.45. The van der Waals surface area contributed by atoms with Gasteiger partial charge >= 0.3 is 0 Å². The fourth-order valence-corrected chi connectivity index (χ4v) is 3.99. The molecule has 25 heavy (non-hydrogen) atoms. The zero-order valence-corrected chi connectivity index (χ0v) is 15.7. The SMILES string of the molecule is CCc1cccc(CC)c1NC(=O)CNS(=O)(=O)c1c(C)noc1C. The van der Waals surface area contributed by atoms with E-state index in [1.165, 1.54) is 13.8 Å². The van der Waals surface area contributed by atoms with Gasteiger partial charge in [-0.15, -0.1) is 0 Å². The standard InChI is InChI=1S/C17H23N3O4S/c1-5-13-8-7-9-14(6-2)16(13)19-15(21)10-18-25(22,23)17-11(3)20-24-12(17)4/h7-9,18H,5-6,10H2,1-4H3,(H,19,21). The minimum atomic E-state index is -3.86. The number of hydrogen-bond acceptors (Lipinski definition) is 5. The summed E-state index contributed by atoms with van der Waals surface area (Å²) < 4.78 is 31.9. The highest BCUT2D eigenvalue weighted by molar-refractivity contribution is 7.89. The zero-order chi connectivity index (χ0) is 18.6.